The van der Waals surface area contributed by atoms with E-state index in [0.29, 0.717) is 34.3 Å². The summed E-state index contributed by atoms with van der Waals surface area (Å²) in [6, 6.07) is 10.9. The number of nitrogens with one attached hydrogen (secondary N) is 1. The van der Waals surface area contributed by atoms with Gasteiger partial charge in [0, 0.05) is 32.3 Å². The van der Waals surface area contributed by atoms with Crippen LogP contribution < -0.4 is 9.62 Å². The van der Waals surface area contributed by atoms with E-state index in [0.717, 1.165) is 14.1 Å². The molecule has 0 heterocycles. The van der Waals surface area contributed by atoms with E-state index in [9.17, 15) is 18.0 Å². The Labute approximate surface area is 218 Å². The van der Waals surface area contributed by atoms with Crippen molar-refractivity contribution < 1.29 is 18.0 Å². The van der Waals surface area contributed by atoms with Crippen LogP contribution in [-0.4, -0.2) is 50.5 Å². The molecule has 0 unspecified atom stereocenters. The van der Waals surface area contributed by atoms with Gasteiger partial charge in [-0.05, 0) is 72.3 Å². The van der Waals surface area contributed by atoms with Gasteiger partial charge in [0.15, 0.2) is 0 Å². The molecule has 0 spiro atoms. The number of halogens is 3. The second kappa shape index (κ2) is 12.2. The molecular weight excluding hydrogens is 600 g/mol. The van der Waals surface area contributed by atoms with Gasteiger partial charge in [0.05, 0.1) is 11.9 Å². The summed E-state index contributed by atoms with van der Waals surface area (Å²) < 4.78 is 27.0. The average molecular weight is 626 g/mol. The SMILES string of the molecule is CCNC(=O)[C@H](CC)N(Cc1c(Cl)cccc1Cl)C(=O)CN(c1ccc(I)cc1)S(C)(=O)=O. The molecule has 0 aliphatic rings. The van der Waals surface area contributed by atoms with E-state index in [2.05, 4.69) is 27.9 Å². The highest BCUT2D eigenvalue weighted by Crippen LogP contribution is 2.27. The molecule has 2 aromatic carbocycles. The van der Waals surface area contributed by atoms with Crippen molar-refractivity contribution in [2.24, 2.45) is 0 Å². The zero-order chi connectivity index (χ0) is 24.8. The Morgan fingerprint density at radius 3 is 2.12 bits per heavy atom. The smallest absolute Gasteiger partial charge is 0.244 e. The quantitative estimate of drug-likeness (QED) is 0.399. The molecular formula is C22H26Cl2IN3O4S. The monoisotopic (exact) mass is 625 g/mol. The zero-order valence-electron chi connectivity index (χ0n) is 18.5. The van der Waals surface area contributed by atoms with Crippen LogP contribution in [0.1, 0.15) is 25.8 Å². The molecule has 2 amide bonds. The molecule has 0 radical (unpaired) electrons. The van der Waals surface area contributed by atoms with Crippen molar-refractivity contribution in [3.8, 4) is 0 Å². The van der Waals surface area contributed by atoms with Gasteiger partial charge in [-0.1, -0.05) is 36.2 Å². The third-order valence-corrected chi connectivity index (χ3v) is 7.49. The summed E-state index contributed by atoms with van der Waals surface area (Å²) in [4.78, 5) is 27.6. The largest absolute Gasteiger partial charge is 0.355 e. The second-order valence-corrected chi connectivity index (χ2v) is 11.3. The van der Waals surface area contributed by atoms with Gasteiger partial charge in [-0.25, -0.2) is 8.42 Å². The van der Waals surface area contributed by atoms with Crippen LogP contribution in [0.25, 0.3) is 0 Å². The van der Waals surface area contributed by atoms with E-state index >= 15 is 0 Å². The maximum Gasteiger partial charge on any atom is 0.244 e. The van der Waals surface area contributed by atoms with E-state index in [1.54, 1.807) is 56.3 Å². The third-order valence-electron chi connectivity index (χ3n) is 4.92. The van der Waals surface area contributed by atoms with Gasteiger partial charge in [-0.2, -0.15) is 0 Å². The molecule has 0 saturated heterocycles. The minimum Gasteiger partial charge on any atom is -0.355 e. The highest BCUT2D eigenvalue weighted by molar-refractivity contribution is 14.1. The molecule has 0 aliphatic heterocycles. The number of nitrogens with zero attached hydrogens (tertiary/aromatic N) is 2. The maximum atomic E-state index is 13.5. The Morgan fingerprint density at radius 1 is 1.06 bits per heavy atom. The van der Waals surface area contributed by atoms with Crippen molar-refractivity contribution in [2.45, 2.75) is 32.9 Å². The van der Waals surface area contributed by atoms with Gasteiger partial charge in [0.1, 0.15) is 12.6 Å². The zero-order valence-corrected chi connectivity index (χ0v) is 23.0. The summed E-state index contributed by atoms with van der Waals surface area (Å²) in [6.45, 7) is 3.43. The first-order valence-electron chi connectivity index (χ1n) is 10.2. The number of hydrogen-bond donors (Lipinski definition) is 1. The van der Waals surface area contributed by atoms with E-state index in [1.807, 2.05) is 0 Å². The molecule has 33 heavy (non-hydrogen) atoms. The highest BCUT2D eigenvalue weighted by atomic mass is 127. The van der Waals surface area contributed by atoms with Gasteiger partial charge < -0.3 is 10.2 Å². The fourth-order valence-electron chi connectivity index (χ4n) is 3.29. The number of carbonyl (C=O) groups is 2. The number of amides is 2. The Kier molecular flexibility index (Phi) is 10.3. The average Bonchev–Trinajstić information content (AvgIpc) is 2.74. The molecule has 0 saturated carbocycles. The van der Waals surface area contributed by atoms with Crippen LogP contribution in [0.15, 0.2) is 42.5 Å². The number of rotatable bonds is 10. The van der Waals surface area contributed by atoms with Crippen LogP contribution in [0.4, 0.5) is 5.69 Å². The number of anilines is 1. The normalized spacial score (nSPS) is 12.2. The molecule has 0 bridgehead atoms. The molecule has 11 heteroatoms. The highest BCUT2D eigenvalue weighted by Gasteiger charge is 2.32. The van der Waals surface area contributed by atoms with E-state index in [1.165, 1.54) is 4.90 Å². The number of likely N-dealkylation sites (N-methyl/N-ethyl adjacent to an activating group) is 1. The summed E-state index contributed by atoms with van der Waals surface area (Å²) >= 11 is 14.8. The van der Waals surface area contributed by atoms with Crippen LogP contribution >= 0.6 is 45.8 Å². The topological polar surface area (TPSA) is 86.8 Å². The maximum absolute atomic E-state index is 13.5. The summed E-state index contributed by atoms with van der Waals surface area (Å²) in [5.74, 6) is -0.884. The van der Waals surface area contributed by atoms with Crippen molar-refractivity contribution in [1.82, 2.24) is 10.2 Å². The number of hydrogen-bond acceptors (Lipinski definition) is 4. The van der Waals surface area contributed by atoms with E-state index < -0.39 is 28.5 Å². The van der Waals surface area contributed by atoms with Gasteiger partial charge in [-0.3, -0.25) is 13.9 Å². The summed E-state index contributed by atoms with van der Waals surface area (Å²) in [6.07, 6.45) is 1.36. The van der Waals surface area contributed by atoms with Crippen molar-refractivity contribution in [1.29, 1.82) is 0 Å². The number of carbonyl (C=O) groups excluding carboxylic acids is 2. The summed E-state index contributed by atoms with van der Waals surface area (Å²) in [5.41, 5.74) is 0.838. The van der Waals surface area contributed by atoms with Crippen LogP contribution in [0.3, 0.4) is 0 Å². The Morgan fingerprint density at radius 2 is 1.64 bits per heavy atom. The molecule has 7 nitrogen and oxygen atoms in total. The first-order valence-corrected chi connectivity index (χ1v) is 13.9. The molecule has 0 fully saturated rings. The number of sulfonamides is 1. The van der Waals surface area contributed by atoms with Crippen molar-refractivity contribution in [3.05, 3.63) is 61.6 Å². The molecule has 1 N–H and O–H groups in total. The molecule has 0 aliphatic carbocycles. The lowest BCUT2D eigenvalue weighted by molar-refractivity contribution is -0.140. The molecule has 180 valence electrons. The van der Waals surface area contributed by atoms with Gasteiger partial charge in [-0.15, -0.1) is 0 Å². The first-order chi connectivity index (χ1) is 15.5. The van der Waals surface area contributed by atoms with Gasteiger partial charge in [0.2, 0.25) is 21.8 Å². The molecule has 2 aromatic rings. The molecule has 0 aromatic heterocycles. The predicted octanol–water partition coefficient (Wildman–Crippen LogP) is 4.31. The van der Waals surface area contributed by atoms with Crippen LogP contribution in [0.5, 0.6) is 0 Å². The first kappa shape index (κ1) is 27.7. The fraction of sp³-hybridized carbons (Fsp3) is 0.364. The third kappa shape index (κ3) is 7.46. The van der Waals surface area contributed by atoms with Crippen LogP contribution in [0, 0.1) is 3.57 Å². The van der Waals surface area contributed by atoms with Gasteiger partial charge in [0.25, 0.3) is 0 Å². The fourth-order valence-corrected chi connectivity index (χ4v) is 5.01. The molecule has 2 rings (SSSR count). The lowest BCUT2D eigenvalue weighted by Crippen LogP contribution is -2.52. The summed E-state index contributed by atoms with van der Waals surface area (Å²) in [5, 5.41) is 3.44. The van der Waals surface area contributed by atoms with Crippen molar-refractivity contribution in [3.63, 3.8) is 0 Å². The predicted molar refractivity (Wildman–Crippen MR) is 141 cm³/mol. The Balaban J connectivity index is 2.48. The second-order valence-electron chi connectivity index (χ2n) is 7.29. The minimum atomic E-state index is -3.78. The van der Waals surface area contributed by atoms with Crippen molar-refractivity contribution in [2.75, 3.05) is 23.7 Å². The van der Waals surface area contributed by atoms with Crippen molar-refractivity contribution >= 4 is 73.3 Å². The Hall–Kier alpha value is -1.56. The summed E-state index contributed by atoms with van der Waals surface area (Å²) in [7, 11) is -3.78. The Bertz CT molecular complexity index is 1080. The lowest BCUT2D eigenvalue weighted by Gasteiger charge is -2.33. The van der Waals surface area contributed by atoms with E-state index in [4.69, 9.17) is 23.2 Å². The number of benzene rings is 2. The van der Waals surface area contributed by atoms with Crippen LogP contribution in [0.2, 0.25) is 10.0 Å². The van der Waals surface area contributed by atoms with Gasteiger partial charge >= 0.3 is 0 Å². The minimum absolute atomic E-state index is 0.0444. The molecule has 1 atom stereocenters. The standard InChI is InChI=1S/C22H26Cl2IN3O4S/c1-4-20(22(30)26-5-2)27(13-17-18(23)7-6-8-19(17)24)21(29)14-28(33(3,31)32)16-11-9-15(25)10-12-16/h6-12,20H,4-5,13-14H2,1-3H3,(H,26,30)/t20-/m0/s1. The van der Waals surface area contributed by atoms with Crippen LogP contribution in [-0.2, 0) is 26.2 Å². The lowest BCUT2D eigenvalue weighted by atomic mass is 10.1. The van der Waals surface area contributed by atoms with E-state index in [-0.39, 0.29) is 12.5 Å².